The standard InChI is InChI=1S/C17H24FN5S.HI/c1-5-19-16(20-9-13-7-6-12(2)15(18)8-13)21-10-14-11-24-17(22-14)23(3)4;/h6-8,11H,5,9-10H2,1-4H3,(H2,19,20,21);1H. The van der Waals surface area contributed by atoms with Gasteiger partial charge in [0, 0.05) is 26.0 Å². The molecule has 0 amide bonds. The maximum absolute atomic E-state index is 13.6. The zero-order valence-corrected chi connectivity index (χ0v) is 18.1. The lowest BCUT2D eigenvalue weighted by atomic mass is 10.1. The summed E-state index contributed by atoms with van der Waals surface area (Å²) in [6.07, 6.45) is 0. The Hall–Kier alpha value is -1.42. The summed E-state index contributed by atoms with van der Waals surface area (Å²) < 4.78 is 13.6. The summed E-state index contributed by atoms with van der Waals surface area (Å²) in [6.45, 7) is 5.54. The third kappa shape index (κ3) is 6.77. The Kier molecular flexibility index (Phi) is 9.12. The molecule has 0 saturated carbocycles. The monoisotopic (exact) mass is 477 g/mol. The lowest BCUT2D eigenvalue weighted by Gasteiger charge is -2.10. The van der Waals surface area contributed by atoms with Gasteiger partial charge in [-0.1, -0.05) is 12.1 Å². The quantitative estimate of drug-likeness (QED) is 0.380. The van der Waals surface area contributed by atoms with E-state index in [0.717, 1.165) is 22.9 Å². The molecule has 0 aliphatic carbocycles. The molecule has 0 aliphatic rings. The van der Waals surface area contributed by atoms with Gasteiger partial charge in [-0.15, -0.1) is 35.3 Å². The van der Waals surface area contributed by atoms with Crippen molar-refractivity contribution in [3.63, 3.8) is 0 Å². The van der Waals surface area contributed by atoms with E-state index in [-0.39, 0.29) is 29.8 Å². The third-order valence-corrected chi connectivity index (χ3v) is 4.42. The number of aromatic nitrogens is 1. The first kappa shape index (κ1) is 21.6. The van der Waals surface area contributed by atoms with Crippen LogP contribution in [0.5, 0.6) is 0 Å². The second-order valence-corrected chi connectivity index (χ2v) is 6.48. The number of nitrogens with one attached hydrogen (secondary N) is 2. The number of rotatable bonds is 6. The number of anilines is 1. The van der Waals surface area contributed by atoms with Crippen molar-refractivity contribution in [2.24, 2.45) is 4.99 Å². The van der Waals surface area contributed by atoms with Crippen molar-refractivity contribution < 1.29 is 4.39 Å². The first-order chi connectivity index (χ1) is 11.5. The lowest BCUT2D eigenvalue weighted by molar-refractivity contribution is 0.616. The Labute approximate surface area is 169 Å². The molecule has 0 bridgehead atoms. The van der Waals surface area contributed by atoms with Crippen LogP contribution in [-0.2, 0) is 13.1 Å². The molecule has 0 unspecified atom stereocenters. The van der Waals surface area contributed by atoms with Gasteiger partial charge in [0.15, 0.2) is 11.1 Å². The van der Waals surface area contributed by atoms with E-state index in [1.54, 1.807) is 24.3 Å². The molecule has 0 fully saturated rings. The molecule has 5 nitrogen and oxygen atoms in total. The van der Waals surface area contributed by atoms with Gasteiger partial charge in [-0.2, -0.15) is 0 Å². The zero-order chi connectivity index (χ0) is 17.5. The highest BCUT2D eigenvalue weighted by Gasteiger charge is 2.05. The fourth-order valence-corrected chi connectivity index (χ4v) is 2.76. The van der Waals surface area contributed by atoms with Gasteiger partial charge in [0.05, 0.1) is 18.8 Å². The van der Waals surface area contributed by atoms with Crippen LogP contribution in [0.1, 0.15) is 23.7 Å². The van der Waals surface area contributed by atoms with Crippen molar-refractivity contribution in [3.8, 4) is 0 Å². The SMILES string of the molecule is CCNC(=NCc1ccc(C)c(F)c1)NCc1csc(N(C)C)n1.I. The lowest BCUT2D eigenvalue weighted by Crippen LogP contribution is -2.36. The Morgan fingerprint density at radius 1 is 1.32 bits per heavy atom. The summed E-state index contributed by atoms with van der Waals surface area (Å²) in [4.78, 5) is 11.0. The highest BCUT2D eigenvalue weighted by Crippen LogP contribution is 2.17. The van der Waals surface area contributed by atoms with E-state index in [1.165, 1.54) is 6.07 Å². The number of halogens is 2. The Bertz CT molecular complexity index is 702. The molecule has 0 spiro atoms. The number of guanidine groups is 1. The minimum atomic E-state index is -0.195. The summed E-state index contributed by atoms with van der Waals surface area (Å²) in [7, 11) is 3.95. The van der Waals surface area contributed by atoms with Gasteiger partial charge in [0.1, 0.15) is 5.82 Å². The van der Waals surface area contributed by atoms with Crippen LogP contribution in [0.3, 0.4) is 0 Å². The maximum atomic E-state index is 13.6. The Morgan fingerprint density at radius 2 is 2.08 bits per heavy atom. The highest BCUT2D eigenvalue weighted by atomic mass is 127. The average Bonchev–Trinajstić information content (AvgIpc) is 3.02. The van der Waals surface area contributed by atoms with Crippen molar-refractivity contribution in [2.45, 2.75) is 26.9 Å². The number of aryl methyl sites for hydroxylation is 1. The van der Waals surface area contributed by atoms with Crippen LogP contribution < -0.4 is 15.5 Å². The highest BCUT2D eigenvalue weighted by molar-refractivity contribution is 14.0. The minimum absolute atomic E-state index is 0. The van der Waals surface area contributed by atoms with Gasteiger partial charge in [-0.25, -0.2) is 14.4 Å². The van der Waals surface area contributed by atoms with Crippen LogP contribution in [0.15, 0.2) is 28.6 Å². The summed E-state index contributed by atoms with van der Waals surface area (Å²) in [5.74, 6) is 0.497. The molecule has 0 saturated heterocycles. The molecule has 0 aliphatic heterocycles. The molecular weight excluding hydrogens is 452 g/mol. The first-order valence-corrected chi connectivity index (χ1v) is 8.76. The molecule has 8 heteroatoms. The van der Waals surface area contributed by atoms with Crippen molar-refractivity contribution in [3.05, 3.63) is 46.2 Å². The molecule has 0 radical (unpaired) electrons. The van der Waals surface area contributed by atoms with Crippen molar-refractivity contribution in [1.29, 1.82) is 0 Å². The number of benzene rings is 1. The van der Waals surface area contributed by atoms with E-state index in [0.29, 0.717) is 24.6 Å². The Balaban J connectivity index is 0.00000312. The maximum Gasteiger partial charge on any atom is 0.191 e. The van der Waals surface area contributed by atoms with E-state index in [1.807, 2.05) is 37.4 Å². The van der Waals surface area contributed by atoms with Gasteiger partial charge >= 0.3 is 0 Å². The van der Waals surface area contributed by atoms with E-state index in [9.17, 15) is 4.39 Å². The second kappa shape index (κ2) is 10.5. The van der Waals surface area contributed by atoms with E-state index in [4.69, 9.17) is 0 Å². The van der Waals surface area contributed by atoms with E-state index < -0.39 is 0 Å². The second-order valence-electron chi connectivity index (χ2n) is 5.65. The molecule has 1 aromatic heterocycles. The molecule has 2 rings (SSSR count). The number of nitrogens with zero attached hydrogens (tertiary/aromatic N) is 3. The van der Waals surface area contributed by atoms with Gasteiger partial charge in [0.25, 0.3) is 0 Å². The number of aliphatic imine (C=N–C) groups is 1. The zero-order valence-electron chi connectivity index (χ0n) is 15.0. The van der Waals surface area contributed by atoms with Gasteiger partial charge in [-0.05, 0) is 31.0 Å². The Morgan fingerprint density at radius 3 is 2.68 bits per heavy atom. The summed E-state index contributed by atoms with van der Waals surface area (Å²) >= 11 is 1.61. The van der Waals surface area contributed by atoms with Crippen molar-refractivity contribution in [2.75, 3.05) is 25.5 Å². The predicted octanol–water partition coefficient (Wildman–Crippen LogP) is 3.53. The fourth-order valence-electron chi connectivity index (χ4n) is 2.00. The molecule has 0 atom stereocenters. The summed E-state index contributed by atoms with van der Waals surface area (Å²) in [5.41, 5.74) is 2.46. The molecule has 138 valence electrons. The van der Waals surface area contributed by atoms with Crippen LogP contribution >= 0.6 is 35.3 Å². The smallest absolute Gasteiger partial charge is 0.191 e. The molecule has 2 aromatic rings. The largest absolute Gasteiger partial charge is 0.357 e. The van der Waals surface area contributed by atoms with Gasteiger partial charge in [-0.3, -0.25) is 0 Å². The van der Waals surface area contributed by atoms with E-state index >= 15 is 0 Å². The normalized spacial score (nSPS) is 11.0. The predicted molar refractivity (Wildman–Crippen MR) is 115 cm³/mol. The van der Waals surface area contributed by atoms with Gasteiger partial charge < -0.3 is 15.5 Å². The fraction of sp³-hybridized carbons (Fsp3) is 0.412. The topological polar surface area (TPSA) is 52.6 Å². The van der Waals surface area contributed by atoms with Crippen molar-refractivity contribution in [1.82, 2.24) is 15.6 Å². The number of hydrogen-bond acceptors (Lipinski definition) is 4. The van der Waals surface area contributed by atoms with Gasteiger partial charge in [0.2, 0.25) is 0 Å². The first-order valence-electron chi connectivity index (χ1n) is 7.88. The van der Waals surface area contributed by atoms with Crippen LogP contribution in [0, 0.1) is 12.7 Å². The molecule has 2 N–H and O–H groups in total. The van der Waals surface area contributed by atoms with E-state index in [2.05, 4.69) is 20.6 Å². The average molecular weight is 477 g/mol. The molecule has 1 aromatic carbocycles. The minimum Gasteiger partial charge on any atom is -0.357 e. The summed E-state index contributed by atoms with van der Waals surface area (Å²) in [6, 6.07) is 5.21. The summed E-state index contributed by atoms with van der Waals surface area (Å²) in [5, 5.41) is 9.45. The molecular formula is C17H25FIN5S. The van der Waals surface area contributed by atoms with Crippen LogP contribution in [-0.4, -0.2) is 31.6 Å². The van der Waals surface area contributed by atoms with Crippen LogP contribution in [0.25, 0.3) is 0 Å². The number of thiazole rings is 1. The molecule has 1 heterocycles. The van der Waals surface area contributed by atoms with Crippen LogP contribution in [0.4, 0.5) is 9.52 Å². The third-order valence-electron chi connectivity index (χ3n) is 3.36. The van der Waals surface area contributed by atoms with Crippen molar-refractivity contribution >= 4 is 46.4 Å². The molecule has 25 heavy (non-hydrogen) atoms. The number of hydrogen-bond donors (Lipinski definition) is 2. The van der Waals surface area contributed by atoms with Crippen LogP contribution in [0.2, 0.25) is 0 Å².